The minimum absolute atomic E-state index is 0. The van der Waals surface area contributed by atoms with Crippen molar-refractivity contribution in [1.29, 1.82) is 0 Å². The number of phenols is 1. The molecule has 0 heterocycles. The number of aromatic hydroxyl groups is 1. The van der Waals surface area contributed by atoms with Crippen LogP contribution in [0, 0.1) is 5.92 Å². The first kappa shape index (κ1) is 12.8. The van der Waals surface area contributed by atoms with Crippen LogP contribution in [0.25, 0.3) is 0 Å². The Balaban J connectivity index is 0.00000112. The van der Waals surface area contributed by atoms with Crippen LogP contribution in [0.1, 0.15) is 30.9 Å². The first-order chi connectivity index (χ1) is 6.68. The van der Waals surface area contributed by atoms with Gasteiger partial charge in [-0.15, -0.1) is 12.4 Å². The second kappa shape index (κ2) is 5.19. The van der Waals surface area contributed by atoms with Gasteiger partial charge in [0.25, 0.3) is 0 Å². The summed E-state index contributed by atoms with van der Waals surface area (Å²) in [5.41, 5.74) is 6.95. The number of hydrogen-bond acceptors (Lipinski definition) is 2. The van der Waals surface area contributed by atoms with Crippen molar-refractivity contribution >= 4 is 28.3 Å². The lowest BCUT2D eigenvalue weighted by Gasteiger charge is -2.31. The van der Waals surface area contributed by atoms with Gasteiger partial charge in [-0.25, -0.2) is 0 Å². The lowest BCUT2D eigenvalue weighted by Crippen LogP contribution is -2.26. The van der Waals surface area contributed by atoms with Gasteiger partial charge in [0.1, 0.15) is 5.75 Å². The summed E-state index contributed by atoms with van der Waals surface area (Å²) in [6, 6.07) is 5.53. The molecule has 1 aromatic carbocycles. The summed E-state index contributed by atoms with van der Waals surface area (Å²) in [5.74, 6) is 0.862. The minimum Gasteiger partial charge on any atom is -0.508 e. The highest BCUT2D eigenvalue weighted by molar-refractivity contribution is 9.10. The molecule has 1 saturated carbocycles. The van der Waals surface area contributed by atoms with E-state index in [1.54, 1.807) is 6.07 Å². The van der Waals surface area contributed by atoms with Gasteiger partial charge in [0.2, 0.25) is 0 Å². The fourth-order valence-electron chi connectivity index (χ4n) is 1.85. The summed E-state index contributed by atoms with van der Waals surface area (Å²) in [7, 11) is 0. The zero-order valence-corrected chi connectivity index (χ0v) is 10.7. The largest absolute Gasteiger partial charge is 0.508 e. The van der Waals surface area contributed by atoms with E-state index in [2.05, 4.69) is 15.9 Å². The molecule has 4 heteroatoms. The molecular formula is C11H15BrClNO. The Morgan fingerprint density at radius 1 is 1.40 bits per heavy atom. The minimum atomic E-state index is -0.00292. The molecule has 1 fully saturated rings. The fraction of sp³-hybridized carbons (Fsp3) is 0.455. The molecule has 0 saturated heterocycles. The van der Waals surface area contributed by atoms with Gasteiger partial charge in [-0.3, -0.25) is 0 Å². The average molecular weight is 293 g/mol. The molecule has 0 unspecified atom stereocenters. The van der Waals surface area contributed by atoms with Crippen LogP contribution in [0.5, 0.6) is 5.75 Å². The molecule has 2 rings (SSSR count). The number of rotatable bonds is 2. The third-order valence-corrected chi connectivity index (χ3v) is 3.50. The predicted molar refractivity (Wildman–Crippen MR) is 67.3 cm³/mol. The van der Waals surface area contributed by atoms with Crippen LogP contribution in [0.3, 0.4) is 0 Å². The summed E-state index contributed by atoms with van der Waals surface area (Å²) in [4.78, 5) is 0. The molecule has 1 aliphatic rings. The molecule has 3 N–H and O–H groups in total. The van der Waals surface area contributed by atoms with Crippen molar-refractivity contribution in [2.75, 3.05) is 0 Å². The van der Waals surface area contributed by atoms with Gasteiger partial charge in [0.15, 0.2) is 0 Å². The molecule has 1 aliphatic carbocycles. The van der Waals surface area contributed by atoms with Gasteiger partial charge in [-0.05, 0) is 30.9 Å². The van der Waals surface area contributed by atoms with E-state index in [1.807, 2.05) is 12.1 Å². The van der Waals surface area contributed by atoms with E-state index in [0.717, 1.165) is 10.0 Å². The van der Waals surface area contributed by atoms with Crippen molar-refractivity contribution in [3.63, 3.8) is 0 Å². The van der Waals surface area contributed by atoms with Crippen LogP contribution in [0.4, 0.5) is 0 Å². The Morgan fingerprint density at radius 2 is 2.07 bits per heavy atom. The predicted octanol–water partition coefficient (Wildman–Crippen LogP) is 3.38. The lowest BCUT2D eigenvalue weighted by atomic mass is 9.77. The molecule has 1 atom stereocenters. The third-order valence-electron chi connectivity index (χ3n) is 3.01. The SMILES string of the molecule is Cl.N[C@@H](c1ccc(Br)cc1O)C1CCC1. The van der Waals surface area contributed by atoms with Gasteiger partial charge < -0.3 is 10.8 Å². The van der Waals surface area contributed by atoms with Crippen LogP contribution < -0.4 is 5.73 Å². The molecule has 0 spiro atoms. The van der Waals surface area contributed by atoms with E-state index in [4.69, 9.17) is 5.73 Å². The normalized spacial score (nSPS) is 17.7. The maximum atomic E-state index is 9.72. The van der Waals surface area contributed by atoms with Crippen molar-refractivity contribution in [3.05, 3.63) is 28.2 Å². The van der Waals surface area contributed by atoms with Crippen molar-refractivity contribution < 1.29 is 5.11 Å². The van der Waals surface area contributed by atoms with E-state index in [9.17, 15) is 5.11 Å². The zero-order chi connectivity index (χ0) is 10.1. The first-order valence-corrected chi connectivity index (χ1v) is 5.72. The summed E-state index contributed by atoms with van der Waals surface area (Å²) in [5, 5.41) is 9.72. The molecule has 84 valence electrons. The molecule has 0 radical (unpaired) electrons. The molecule has 15 heavy (non-hydrogen) atoms. The van der Waals surface area contributed by atoms with Crippen molar-refractivity contribution in [2.24, 2.45) is 11.7 Å². The number of nitrogens with two attached hydrogens (primary N) is 1. The molecular weight excluding hydrogens is 277 g/mol. The summed E-state index contributed by atoms with van der Waals surface area (Å²) in [6.07, 6.45) is 3.66. The van der Waals surface area contributed by atoms with Crippen LogP contribution in [-0.2, 0) is 0 Å². The summed E-state index contributed by atoms with van der Waals surface area (Å²) < 4.78 is 0.888. The Hall–Kier alpha value is -0.250. The molecule has 0 bridgehead atoms. The zero-order valence-electron chi connectivity index (χ0n) is 8.32. The number of benzene rings is 1. The van der Waals surface area contributed by atoms with Gasteiger partial charge in [0, 0.05) is 16.1 Å². The maximum absolute atomic E-state index is 9.72. The van der Waals surface area contributed by atoms with E-state index in [-0.39, 0.29) is 18.4 Å². The maximum Gasteiger partial charge on any atom is 0.121 e. The topological polar surface area (TPSA) is 46.2 Å². The fourth-order valence-corrected chi connectivity index (χ4v) is 2.20. The Kier molecular flexibility index (Phi) is 4.44. The molecule has 2 nitrogen and oxygen atoms in total. The van der Waals surface area contributed by atoms with E-state index >= 15 is 0 Å². The quantitative estimate of drug-likeness (QED) is 0.878. The van der Waals surface area contributed by atoms with E-state index < -0.39 is 0 Å². The Labute approximate surface area is 104 Å². The molecule has 1 aromatic rings. The van der Waals surface area contributed by atoms with Crippen LogP contribution >= 0.6 is 28.3 Å². The number of hydrogen-bond donors (Lipinski definition) is 2. The highest BCUT2D eigenvalue weighted by Crippen LogP contribution is 2.39. The third kappa shape index (κ3) is 2.65. The summed E-state index contributed by atoms with van der Waals surface area (Å²) >= 11 is 3.31. The van der Waals surface area contributed by atoms with Crippen LogP contribution in [0.2, 0.25) is 0 Å². The van der Waals surface area contributed by atoms with Gasteiger partial charge in [0.05, 0.1) is 0 Å². The number of halogens is 2. The standard InChI is InChI=1S/C11H14BrNO.ClH/c12-8-4-5-9(10(14)6-8)11(13)7-2-1-3-7;/h4-7,11,14H,1-3,13H2;1H/t11-;/m1./s1. The highest BCUT2D eigenvalue weighted by atomic mass is 79.9. The van der Waals surface area contributed by atoms with E-state index in [0.29, 0.717) is 11.7 Å². The molecule has 0 aliphatic heterocycles. The first-order valence-electron chi connectivity index (χ1n) is 4.92. The highest BCUT2D eigenvalue weighted by Gasteiger charge is 2.26. The van der Waals surface area contributed by atoms with Crippen LogP contribution in [0.15, 0.2) is 22.7 Å². The second-order valence-corrected chi connectivity index (χ2v) is 4.84. The Bertz CT molecular complexity index is 341. The molecule has 0 amide bonds. The van der Waals surface area contributed by atoms with Crippen molar-refractivity contribution in [2.45, 2.75) is 25.3 Å². The van der Waals surface area contributed by atoms with Crippen molar-refractivity contribution in [3.8, 4) is 5.75 Å². The van der Waals surface area contributed by atoms with Gasteiger partial charge in [-0.2, -0.15) is 0 Å². The monoisotopic (exact) mass is 291 g/mol. The summed E-state index contributed by atoms with van der Waals surface area (Å²) in [6.45, 7) is 0. The Morgan fingerprint density at radius 3 is 2.53 bits per heavy atom. The van der Waals surface area contributed by atoms with E-state index in [1.165, 1.54) is 19.3 Å². The lowest BCUT2D eigenvalue weighted by molar-refractivity contribution is 0.260. The average Bonchev–Trinajstić information content (AvgIpc) is 2.00. The smallest absolute Gasteiger partial charge is 0.121 e. The molecule has 0 aromatic heterocycles. The number of phenolic OH excluding ortho intramolecular Hbond substituents is 1. The van der Waals surface area contributed by atoms with Crippen molar-refractivity contribution in [1.82, 2.24) is 0 Å². The van der Waals surface area contributed by atoms with Crippen LogP contribution in [-0.4, -0.2) is 5.11 Å². The van der Waals surface area contributed by atoms with Gasteiger partial charge >= 0.3 is 0 Å². The van der Waals surface area contributed by atoms with Gasteiger partial charge in [-0.1, -0.05) is 28.4 Å². The second-order valence-electron chi connectivity index (χ2n) is 3.92.